The number of rotatable bonds is 3. The van der Waals surface area contributed by atoms with Gasteiger partial charge in [-0.05, 0) is 19.8 Å². The normalized spacial score (nSPS) is 30.2. The molecule has 2 atom stereocenters. The highest BCUT2D eigenvalue weighted by atomic mass is 79.9. The van der Waals surface area contributed by atoms with Gasteiger partial charge < -0.3 is 10.1 Å². The summed E-state index contributed by atoms with van der Waals surface area (Å²) in [5.41, 5.74) is -0.725. The third-order valence-corrected chi connectivity index (χ3v) is 3.10. The topological polar surface area (TPSA) is 55.4 Å². The van der Waals surface area contributed by atoms with Crippen molar-refractivity contribution in [3.05, 3.63) is 0 Å². The molecule has 0 aliphatic carbocycles. The van der Waals surface area contributed by atoms with Crippen molar-refractivity contribution in [2.75, 3.05) is 6.54 Å². The van der Waals surface area contributed by atoms with Crippen LogP contribution >= 0.6 is 15.9 Å². The summed E-state index contributed by atoms with van der Waals surface area (Å²) in [6, 6.07) is 0. The van der Waals surface area contributed by atoms with Crippen molar-refractivity contribution in [1.29, 1.82) is 0 Å². The molecule has 1 saturated heterocycles. The van der Waals surface area contributed by atoms with E-state index in [1.807, 2.05) is 6.92 Å². The Kier molecular flexibility index (Phi) is 4.28. The second kappa shape index (κ2) is 5.07. The third kappa shape index (κ3) is 3.28. The van der Waals surface area contributed by atoms with E-state index in [4.69, 9.17) is 4.74 Å². The predicted octanol–water partition coefficient (Wildman–Crippen LogP) is 1.37. The third-order valence-electron chi connectivity index (χ3n) is 2.45. The summed E-state index contributed by atoms with van der Waals surface area (Å²) in [5.74, 6) is -0.911. The van der Waals surface area contributed by atoms with Gasteiger partial charge in [-0.25, -0.2) is 4.79 Å². The minimum absolute atomic E-state index is 0.260. The fraction of sp³-hybridized carbons (Fsp3) is 0.800. The van der Waals surface area contributed by atoms with Crippen molar-refractivity contribution < 1.29 is 14.3 Å². The van der Waals surface area contributed by atoms with Crippen LogP contribution < -0.4 is 5.32 Å². The maximum atomic E-state index is 11.7. The molecule has 1 heterocycles. The van der Waals surface area contributed by atoms with Crippen LogP contribution in [0.4, 0.5) is 0 Å². The number of nitrogens with one attached hydrogen (secondary N) is 1. The summed E-state index contributed by atoms with van der Waals surface area (Å²) in [6.45, 7) is 4.35. The largest absolute Gasteiger partial charge is 0.392 e. The molecular formula is C10H16BrNO3. The zero-order valence-electron chi connectivity index (χ0n) is 9.01. The van der Waals surface area contributed by atoms with Gasteiger partial charge in [-0.3, -0.25) is 4.79 Å². The van der Waals surface area contributed by atoms with Gasteiger partial charge in [0.1, 0.15) is 5.54 Å². The number of alkyl halides is 1. The van der Waals surface area contributed by atoms with Crippen molar-refractivity contribution in [3.63, 3.8) is 0 Å². The van der Waals surface area contributed by atoms with Crippen LogP contribution in [-0.2, 0) is 14.3 Å². The number of hydrogen-bond donors (Lipinski definition) is 1. The molecule has 86 valence electrons. The quantitative estimate of drug-likeness (QED) is 0.481. The molecule has 5 heteroatoms. The summed E-state index contributed by atoms with van der Waals surface area (Å²) < 4.78 is 4.76. The van der Waals surface area contributed by atoms with E-state index in [9.17, 15) is 9.59 Å². The van der Waals surface area contributed by atoms with Crippen LogP contribution in [-0.4, -0.2) is 28.8 Å². The highest BCUT2D eigenvalue weighted by Crippen LogP contribution is 2.25. The minimum Gasteiger partial charge on any atom is -0.392 e. The molecule has 1 aliphatic rings. The fourth-order valence-corrected chi connectivity index (χ4v) is 2.36. The van der Waals surface area contributed by atoms with Crippen LogP contribution in [0.1, 0.15) is 33.1 Å². The fourth-order valence-electron chi connectivity index (χ4n) is 1.55. The molecule has 0 aromatic heterocycles. The molecule has 1 aliphatic heterocycles. The van der Waals surface area contributed by atoms with Crippen LogP contribution in [0.5, 0.6) is 0 Å². The van der Waals surface area contributed by atoms with Crippen LogP contribution in [0.3, 0.4) is 0 Å². The average Bonchev–Trinajstić information content (AvgIpc) is 2.48. The second-order valence-electron chi connectivity index (χ2n) is 4.03. The van der Waals surface area contributed by atoms with E-state index >= 15 is 0 Å². The summed E-state index contributed by atoms with van der Waals surface area (Å²) >= 11 is 3.42. The number of carbonyl (C=O) groups excluding carboxylic acids is 2. The lowest BCUT2D eigenvalue weighted by Gasteiger charge is -2.20. The molecule has 0 aromatic carbocycles. The molecule has 1 rings (SSSR count). The first-order valence-corrected chi connectivity index (χ1v) is 6.03. The van der Waals surface area contributed by atoms with Gasteiger partial charge in [0.15, 0.2) is 0 Å². The molecule has 0 aromatic rings. The van der Waals surface area contributed by atoms with E-state index in [0.717, 1.165) is 0 Å². The molecule has 0 bridgehead atoms. The van der Waals surface area contributed by atoms with Gasteiger partial charge in [0.2, 0.25) is 0 Å². The Hall–Kier alpha value is -0.420. The summed E-state index contributed by atoms with van der Waals surface area (Å²) in [7, 11) is 0. The zero-order chi connectivity index (χ0) is 11.5. The number of hydrogen-bond acceptors (Lipinski definition) is 4. The van der Waals surface area contributed by atoms with E-state index in [-0.39, 0.29) is 4.83 Å². The second-order valence-corrected chi connectivity index (χ2v) is 5.32. The molecule has 0 saturated carbocycles. The van der Waals surface area contributed by atoms with Crippen molar-refractivity contribution in [3.8, 4) is 0 Å². The first-order valence-electron chi connectivity index (χ1n) is 5.12. The Labute approximate surface area is 97.9 Å². The lowest BCUT2D eigenvalue weighted by atomic mass is 10.0. The van der Waals surface area contributed by atoms with Crippen LogP contribution in [0.25, 0.3) is 0 Å². The number of carbonyl (C=O) groups is 2. The number of halogens is 1. The van der Waals surface area contributed by atoms with Gasteiger partial charge in [0.25, 0.3) is 0 Å². The van der Waals surface area contributed by atoms with Crippen molar-refractivity contribution in [2.45, 2.75) is 43.5 Å². The highest BCUT2D eigenvalue weighted by molar-refractivity contribution is 9.09. The van der Waals surface area contributed by atoms with Gasteiger partial charge >= 0.3 is 11.9 Å². The SMILES string of the molecule is CCCC(=O)OC(=O)[C@]1(C)CC(Br)CN1. The Morgan fingerprint density at radius 2 is 2.27 bits per heavy atom. The Balaban J connectivity index is 2.50. The number of ether oxygens (including phenoxy) is 1. The molecule has 0 spiro atoms. The van der Waals surface area contributed by atoms with E-state index in [0.29, 0.717) is 25.8 Å². The van der Waals surface area contributed by atoms with Crippen molar-refractivity contribution in [1.82, 2.24) is 5.32 Å². The molecule has 4 nitrogen and oxygen atoms in total. The predicted molar refractivity (Wildman–Crippen MR) is 59.7 cm³/mol. The minimum atomic E-state index is -0.725. The lowest BCUT2D eigenvalue weighted by Crippen LogP contribution is -2.46. The molecule has 1 unspecified atom stereocenters. The van der Waals surface area contributed by atoms with Gasteiger partial charge in [-0.2, -0.15) is 0 Å². The Bertz CT molecular complexity index is 269. The van der Waals surface area contributed by atoms with E-state index < -0.39 is 17.5 Å². The Morgan fingerprint density at radius 1 is 1.60 bits per heavy atom. The average molecular weight is 278 g/mol. The number of esters is 2. The molecule has 0 radical (unpaired) electrons. The first-order chi connectivity index (χ1) is 6.98. The molecule has 1 fully saturated rings. The van der Waals surface area contributed by atoms with Gasteiger partial charge in [-0.15, -0.1) is 0 Å². The molecule has 15 heavy (non-hydrogen) atoms. The first kappa shape index (κ1) is 12.6. The molecule has 0 amide bonds. The Morgan fingerprint density at radius 3 is 2.73 bits per heavy atom. The van der Waals surface area contributed by atoms with Crippen molar-refractivity contribution in [2.24, 2.45) is 0 Å². The van der Waals surface area contributed by atoms with E-state index in [2.05, 4.69) is 21.2 Å². The maximum absolute atomic E-state index is 11.7. The monoisotopic (exact) mass is 277 g/mol. The zero-order valence-corrected chi connectivity index (χ0v) is 10.6. The molecule has 1 N–H and O–H groups in total. The van der Waals surface area contributed by atoms with Crippen LogP contribution in [0, 0.1) is 0 Å². The van der Waals surface area contributed by atoms with Crippen LogP contribution in [0.15, 0.2) is 0 Å². The summed E-state index contributed by atoms with van der Waals surface area (Å²) in [4.78, 5) is 23.1. The van der Waals surface area contributed by atoms with E-state index in [1.54, 1.807) is 6.92 Å². The lowest BCUT2D eigenvalue weighted by molar-refractivity contribution is -0.163. The highest BCUT2D eigenvalue weighted by Gasteiger charge is 2.42. The van der Waals surface area contributed by atoms with Gasteiger partial charge in [0.05, 0.1) is 0 Å². The maximum Gasteiger partial charge on any atom is 0.333 e. The van der Waals surface area contributed by atoms with E-state index in [1.165, 1.54) is 0 Å². The standard InChI is InChI=1S/C10H16BrNO3/c1-3-4-8(13)15-9(14)10(2)5-7(11)6-12-10/h7,12H,3-6H2,1-2H3/t7?,10-/m0/s1. The van der Waals surface area contributed by atoms with Crippen LogP contribution in [0.2, 0.25) is 0 Å². The van der Waals surface area contributed by atoms with Crippen molar-refractivity contribution >= 4 is 27.9 Å². The van der Waals surface area contributed by atoms with Gasteiger partial charge in [-0.1, -0.05) is 22.9 Å². The molecular weight excluding hydrogens is 262 g/mol. The van der Waals surface area contributed by atoms with Gasteiger partial charge in [0, 0.05) is 17.8 Å². The smallest absolute Gasteiger partial charge is 0.333 e. The summed E-state index contributed by atoms with van der Waals surface area (Å²) in [6.07, 6.45) is 1.63. The summed E-state index contributed by atoms with van der Waals surface area (Å²) in [5, 5.41) is 3.06.